The molecule has 0 spiro atoms. The van der Waals surface area contributed by atoms with Gasteiger partial charge in [-0.1, -0.05) is 29.3 Å². The molecule has 1 aromatic rings. The molecule has 0 saturated heterocycles. The summed E-state index contributed by atoms with van der Waals surface area (Å²) in [5.41, 5.74) is 5.59. The van der Waals surface area contributed by atoms with Crippen LogP contribution in [-0.2, 0) is 4.79 Å². The molecular weight excluding hydrogens is 462 g/mol. The molecule has 1 aromatic carbocycles. The molecule has 1 unspecified atom stereocenters. The number of halogens is 3. The van der Waals surface area contributed by atoms with Crippen LogP contribution in [0.4, 0.5) is 0 Å². The van der Waals surface area contributed by atoms with Crippen LogP contribution in [-0.4, -0.2) is 25.0 Å². The van der Waals surface area contributed by atoms with Gasteiger partial charge in [0.2, 0.25) is 5.91 Å². The second kappa shape index (κ2) is 10.3. The van der Waals surface area contributed by atoms with Crippen molar-refractivity contribution in [3.8, 4) is 0 Å². The highest BCUT2D eigenvalue weighted by atomic mass is 127. The smallest absolute Gasteiger partial charge is 0.224 e. The minimum absolute atomic E-state index is 0. The van der Waals surface area contributed by atoms with E-state index in [1.807, 2.05) is 19.9 Å². The highest BCUT2D eigenvalue weighted by Gasteiger charge is 2.24. The second-order valence-electron chi connectivity index (χ2n) is 5.98. The van der Waals surface area contributed by atoms with E-state index in [1.54, 1.807) is 26.0 Å². The number of hydrogen-bond donors (Lipinski definition) is 3. The number of nitrogens with two attached hydrogens (primary N) is 1. The number of amides is 1. The molecule has 5 nitrogen and oxygen atoms in total. The molecule has 0 aromatic heterocycles. The van der Waals surface area contributed by atoms with Crippen LogP contribution in [0.25, 0.3) is 0 Å². The summed E-state index contributed by atoms with van der Waals surface area (Å²) in [4.78, 5) is 15.8. The van der Waals surface area contributed by atoms with Crippen LogP contribution in [0.15, 0.2) is 23.2 Å². The fourth-order valence-electron chi connectivity index (χ4n) is 1.81. The maximum absolute atomic E-state index is 11.4. The van der Waals surface area contributed by atoms with Gasteiger partial charge in [0, 0.05) is 16.6 Å². The van der Waals surface area contributed by atoms with E-state index >= 15 is 0 Å². The topological polar surface area (TPSA) is 79.5 Å². The Morgan fingerprint density at radius 3 is 2.50 bits per heavy atom. The normalized spacial score (nSPS) is 13.0. The van der Waals surface area contributed by atoms with Crippen molar-refractivity contribution in [1.29, 1.82) is 0 Å². The lowest BCUT2D eigenvalue weighted by atomic mass is 9.93. The molecule has 8 heteroatoms. The molecule has 4 N–H and O–H groups in total. The average Bonchev–Trinajstić information content (AvgIpc) is 2.44. The summed E-state index contributed by atoms with van der Waals surface area (Å²) in [6.07, 6.45) is 0. The van der Waals surface area contributed by atoms with E-state index in [0.29, 0.717) is 29.1 Å². The number of primary amides is 1. The Morgan fingerprint density at radius 2 is 2.00 bits per heavy atom. The van der Waals surface area contributed by atoms with Gasteiger partial charge >= 0.3 is 0 Å². The van der Waals surface area contributed by atoms with Gasteiger partial charge in [-0.15, -0.1) is 24.0 Å². The van der Waals surface area contributed by atoms with Crippen molar-refractivity contribution >= 4 is 59.0 Å². The third-order valence-corrected chi connectivity index (χ3v) is 3.99. The Hall–Kier alpha value is -0.730. The van der Waals surface area contributed by atoms with Crippen LogP contribution in [0.1, 0.15) is 39.3 Å². The van der Waals surface area contributed by atoms with Crippen molar-refractivity contribution in [2.45, 2.75) is 33.7 Å². The van der Waals surface area contributed by atoms with Crippen molar-refractivity contribution in [1.82, 2.24) is 10.6 Å². The second-order valence-corrected chi connectivity index (χ2v) is 6.82. The maximum atomic E-state index is 11.4. The lowest BCUT2D eigenvalue weighted by Gasteiger charge is -2.22. The van der Waals surface area contributed by atoms with Gasteiger partial charge in [0.25, 0.3) is 0 Å². The minimum atomic E-state index is -0.705. The number of benzene rings is 1. The summed E-state index contributed by atoms with van der Waals surface area (Å²) in [7, 11) is 0. The van der Waals surface area contributed by atoms with Crippen LogP contribution in [0, 0.1) is 5.41 Å². The van der Waals surface area contributed by atoms with Gasteiger partial charge in [0.1, 0.15) is 0 Å². The fourth-order valence-corrected chi connectivity index (χ4v) is 2.38. The molecule has 0 aliphatic heterocycles. The highest BCUT2D eigenvalue weighted by Crippen LogP contribution is 2.26. The van der Waals surface area contributed by atoms with Gasteiger partial charge < -0.3 is 16.4 Å². The molecule has 0 aliphatic rings. The molecule has 0 heterocycles. The number of carbonyl (C=O) groups excluding carboxylic acids is 1. The van der Waals surface area contributed by atoms with Gasteiger partial charge in [-0.2, -0.15) is 0 Å². The molecule has 0 fully saturated rings. The van der Waals surface area contributed by atoms with Crippen LogP contribution in [0.5, 0.6) is 0 Å². The Balaban J connectivity index is 0.00000529. The molecule has 0 bridgehead atoms. The summed E-state index contributed by atoms with van der Waals surface area (Å²) in [6, 6.07) is 5.30. The molecule has 0 saturated carbocycles. The predicted octanol–water partition coefficient (Wildman–Crippen LogP) is 3.74. The summed E-state index contributed by atoms with van der Waals surface area (Å²) >= 11 is 12.2. The molecule has 1 rings (SSSR count). The highest BCUT2D eigenvalue weighted by molar-refractivity contribution is 14.0. The monoisotopic (exact) mass is 486 g/mol. The van der Waals surface area contributed by atoms with Crippen molar-refractivity contribution in [2.24, 2.45) is 16.1 Å². The van der Waals surface area contributed by atoms with E-state index in [4.69, 9.17) is 28.9 Å². The Morgan fingerprint density at radius 1 is 1.38 bits per heavy atom. The van der Waals surface area contributed by atoms with Crippen LogP contribution < -0.4 is 16.4 Å². The number of rotatable bonds is 6. The van der Waals surface area contributed by atoms with Crippen LogP contribution in [0.3, 0.4) is 0 Å². The first-order chi connectivity index (χ1) is 10.7. The summed E-state index contributed by atoms with van der Waals surface area (Å²) < 4.78 is 0. The number of nitrogens with one attached hydrogen (secondary N) is 2. The first-order valence-corrected chi connectivity index (χ1v) is 8.22. The van der Waals surface area contributed by atoms with E-state index < -0.39 is 5.41 Å². The Kier molecular flexibility index (Phi) is 9.99. The molecule has 1 atom stereocenters. The average molecular weight is 487 g/mol. The van der Waals surface area contributed by atoms with Crippen molar-refractivity contribution < 1.29 is 4.79 Å². The summed E-state index contributed by atoms with van der Waals surface area (Å²) in [5, 5.41) is 7.59. The largest absolute Gasteiger partial charge is 0.369 e. The van der Waals surface area contributed by atoms with E-state index in [1.165, 1.54) is 0 Å². The Labute approximate surface area is 170 Å². The summed E-state index contributed by atoms with van der Waals surface area (Å²) in [6.45, 7) is 8.46. The molecule has 136 valence electrons. The van der Waals surface area contributed by atoms with Gasteiger partial charge in [-0.25, -0.2) is 0 Å². The zero-order valence-corrected chi connectivity index (χ0v) is 18.2. The minimum Gasteiger partial charge on any atom is -0.369 e. The molecule has 1 amide bonds. The maximum Gasteiger partial charge on any atom is 0.224 e. The zero-order chi connectivity index (χ0) is 17.6. The number of aliphatic imine (C=N–C) groups is 1. The summed E-state index contributed by atoms with van der Waals surface area (Å²) in [5.74, 6) is 0.214. The standard InChI is InChI=1S/C16H24Cl2N4O.HI/c1-5-20-15(21-9-16(3,4)14(19)23)22-10(2)12-7-6-11(17)8-13(12)18;/h6-8,10H,5,9H2,1-4H3,(H2,19,23)(H2,20,21,22);1H. The van der Waals surface area contributed by atoms with E-state index in [9.17, 15) is 4.79 Å². The van der Waals surface area contributed by atoms with E-state index in [0.717, 1.165) is 5.56 Å². The van der Waals surface area contributed by atoms with Crippen LogP contribution >= 0.6 is 47.2 Å². The molecule has 0 radical (unpaired) electrons. The first-order valence-electron chi connectivity index (χ1n) is 7.47. The van der Waals surface area contributed by atoms with Gasteiger partial charge in [-0.05, 0) is 45.4 Å². The third kappa shape index (κ3) is 7.03. The zero-order valence-electron chi connectivity index (χ0n) is 14.3. The number of nitrogens with zero attached hydrogens (tertiary/aromatic N) is 1. The van der Waals surface area contributed by atoms with Gasteiger partial charge in [-0.3, -0.25) is 9.79 Å². The molecule has 0 aliphatic carbocycles. The third-order valence-electron chi connectivity index (χ3n) is 3.43. The molecular formula is C16H25Cl2IN4O. The van der Waals surface area contributed by atoms with Crippen LogP contribution in [0.2, 0.25) is 10.0 Å². The van der Waals surface area contributed by atoms with Gasteiger partial charge in [0.05, 0.1) is 18.0 Å². The van der Waals surface area contributed by atoms with E-state index in [-0.39, 0.29) is 35.9 Å². The quantitative estimate of drug-likeness (QED) is 0.325. The first kappa shape index (κ1) is 23.3. The van der Waals surface area contributed by atoms with E-state index in [2.05, 4.69) is 15.6 Å². The Bertz CT molecular complexity index is 593. The fraction of sp³-hybridized carbons (Fsp3) is 0.500. The van der Waals surface area contributed by atoms with Crippen molar-refractivity contribution in [3.63, 3.8) is 0 Å². The molecule has 24 heavy (non-hydrogen) atoms. The van der Waals surface area contributed by atoms with Crippen molar-refractivity contribution in [2.75, 3.05) is 13.1 Å². The van der Waals surface area contributed by atoms with Gasteiger partial charge in [0.15, 0.2) is 5.96 Å². The number of hydrogen-bond acceptors (Lipinski definition) is 2. The number of carbonyl (C=O) groups is 1. The lowest BCUT2D eigenvalue weighted by molar-refractivity contribution is -0.125. The van der Waals surface area contributed by atoms with Crippen molar-refractivity contribution in [3.05, 3.63) is 33.8 Å². The lowest BCUT2D eigenvalue weighted by Crippen LogP contribution is -2.41. The predicted molar refractivity (Wildman–Crippen MR) is 112 cm³/mol. The number of guanidine groups is 1. The SMILES string of the molecule is CCNC(=NCC(C)(C)C(N)=O)NC(C)c1ccc(Cl)cc1Cl.I.